The lowest BCUT2D eigenvalue weighted by atomic mass is 10.1. The Labute approximate surface area is 86.9 Å². The molecule has 0 aliphatic heterocycles. The number of rotatable bonds is 2. The maximum Gasteiger partial charge on any atom is 0.272 e. The van der Waals surface area contributed by atoms with Crippen LogP contribution in [-0.2, 0) is 6.42 Å². The normalized spacial score (nSPS) is 11.4. The molecule has 15 heavy (non-hydrogen) atoms. The third-order valence-electron chi connectivity index (χ3n) is 2.14. The summed E-state index contributed by atoms with van der Waals surface area (Å²) in [7, 11) is 0. The van der Waals surface area contributed by atoms with E-state index in [1.54, 1.807) is 12.1 Å². The van der Waals surface area contributed by atoms with E-state index in [1.165, 1.54) is 4.52 Å². The third kappa shape index (κ3) is 1.86. The first-order chi connectivity index (χ1) is 7.06. The molecule has 2 heterocycles. The number of aromatic nitrogens is 3. The highest BCUT2D eigenvalue weighted by molar-refractivity contribution is 5.47. The maximum absolute atomic E-state index is 11.6. The Morgan fingerprint density at radius 2 is 2.27 bits per heavy atom. The molecule has 2 aromatic rings. The number of fused-ring (bicyclic) bond motifs is 1. The van der Waals surface area contributed by atoms with Crippen molar-refractivity contribution < 1.29 is 0 Å². The largest absolute Gasteiger partial charge is 0.384 e. The average molecular weight is 206 g/mol. The van der Waals surface area contributed by atoms with E-state index in [1.807, 2.05) is 0 Å². The number of nitrogens with one attached hydrogen (secondary N) is 1. The van der Waals surface area contributed by atoms with Crippen LogP contribution in [0.5, 0.6) is 0 Å². The Morgan fingerprint density at radius 3 is 2.93 bits per heavy atom. The first-order valence-corrected chi connectivity index (χ1v) is 4.93. The van der Waals surface area contributed by atoms with Crippen molar-refractivity contribution in [3.8, 4) is 0 Å². The summed E-state index contributed by atoms with van der Waals surface area (Å²) in [6.07, 6.45) is 0.802. The van der Waals surface area contributed by atoms with Gasteiger partial charge in [0.15, 0.2) is 5.65 Å². The lowest BCUT2D eigenvalue weighted by molar-refractivity contribution is 0.633. The Hall–Kier alpha value is -1.78. The van der Waals surface area contributed by atoms with Crippen molar-refractivity contribution in [3.05, 3.63) is 28.2 Å². The lowest BCUT2D eigenvalue weighted by Crippen LogP contribution is -2.16. The first kappa shape index (κ1) is 9.76. The second kappa shape index (κ2) is 3.42. The molecule has 2 aromatic heterocycles. The number of hydrogen-bond acceptors (Lipinski definition) is 3. The van der Waals surface area contributed by atoms with Crippen LogP contribution in [0.1, 0.15) is 19.5 Å². The SMILES string of the molecule is CC(C)Cc1cc(=O)n2[nH]c(N)cc2n1. The number of H-pyrrole nitrogens is 1. The molecule has 5 nitrogen and oxygen atoms in total. The Balaban J connectivity index is 2.57. The van der Waals surface area contributed by atoms with Gasteiger partial charge in [0.05, 0.1) is 0 Å². The summed E-state index contributed by atoms with van der Waals surface area (Å²) in [5.41, 5.74) is 6.83. The van der Waals surface area contributed by atoms with E-state index in [-0.39, 0.29) is 5.56 Å². The standard InChI is InChI=1S/C10H14N4O/c1-6(2)3-7-4-10(15)14-9(12-7)5-8(11)13-14/h4-6,13H,3,11H2,1-2H3. The van der Waals surface area contributed by atoms with E-state index in [2.05, 4.69) is 23.9 Å². The summed E-state index contributed by atoms with van der Waals surface area (Å²) in [6.45, 7) is 4.18. The fourth-order valence-corrected chi connectivity index (χ4v) is 1.58. The van der Waals surface area contributed by atoms with Gasteiger partial charge in [-0.05, 0) is 12.3 Å². The molecule has 0 spiro atoms. The van der Waals surface area contributed by atoms with E-state index in [4.69, 9.17) is 5.73 Å². The zero-order chi connectivity index (χ0) is 11.0. The summed E-state index contributed by atoms with van der Waals surface area (Å²) >= 11 is 0. The fraction of sp³-hybridized carbons (Fsp3) is 0.400. The molecule has 0 atom stereocenters. The molecule has 0 aliphatic carbocycles. The molecule has 0 saturated carbocycles. The Bertz CT molecular complexity index is 538. The number of nitrogens with zero attached hydrogens (tertiary/aromatic N) is 2. The lowest BCUT2D eigenvalue weighted by Gasteiger charge is -2.03. The van der Waals surface area contributed by atoms with Crippen molar-refractivity contribution in [3.63, 3.8) is 0 Å². The van der Waals surface area contributed by atoms with Gasteiger partial charge in [-0.2, -0.15) is 4.52 Å². The van der Waals surface area contributed by atoms with Crippen LogP contribution < -0.4 is 11.3 Å². The van der Waals surface area contributed by atoms with Gasteiger partial charge in [-0.25, -0.2) is 4.98 Å². The molecular formula is C10H14N4O. The molecule has 0 bridgehead atoms. The quantitative estimate of drug-likeness (QED) is 0.763. The summed E-state index contributed by atoms with van der Waals surface area (Å²) in [4.78, 5) is 16.0. The van der Waals surface area contributed by atoms with Gasteiger partial charge in [-0.3, -0.25) is 9.89 Å². The molecule has 0 aromatic carbocycles. The van der Waals surface area contributed by atoms with Gasteiger partial charge in [-0.15, -0.1) is 0 Å². The second-order valence-electron chi connectivity index (χ2n) is 4.09. The summed E-state index contributed by atoms with van der Waals surface area (Å²) < 4.78 is 1.35. The third-order valence-corrected chi connectivity index (χ3v) is 2.14. The molecular weight excluding hydrogens is 192 g/mol. The van der Waals surface area contributed by atoms with Crippen molar-refractivity contribution in [1.82, 2.24) is 14.6 Å². The minimum atomic E-state index is -0.118. The molecule has 0 radical (unpaired) electrons. The number of nitrogen functional groups attached to an aromatic ring is 1. The minimum Gasteiger partial charge on any atom is -0.384 e. The Morgan fingerprint density at radius 1 is 1.53 bits per heavy atom. The molecule has 0 amide bonds. The Kier molecular flexibility index (Phi) is 2.22. The monoisotopic (exact) mass is 206 g/mol. The van der Waals surface area contributed by atoms with Crippen LogP contribution in [0, 0.1) is 5.92 Å². The fourth-order valence-electron chi connectivity index (χ4n) is 1.58. The van der Waals surface area contributed by atoms with Gasteiger partial charge in [0.25, 0.3) is 5.56 Å². The highest BCUT2D eigenvalue weighted by Crippen LogP contribution is 2.07. The maximum atomic E-state index is 11.6. The van der Waals surface area contributed by atoms with Crippen molar-refractivity contribution in [1.29, 1.82) is 0 Å². The zero-order valence-corrected chi connectivity index (χ0v) is 8.82. The second-order valence-corrected chi connectivity index (χ2v) is 4.09. The number of aromatic amines is 1. The van der Waals surface area contributed by atoms with Crippen molar-refractivity contribution >= 4 is 11.5 Å². The summed E-state index contributed by atoms with van der Waals surface area (Å²) in [5.74, 6) is 0.928. The molecule has 0 saturated heterocycles. The molecule has 0 fully saturated rings. The zero-order valence-electron chi connectivity index (χ0n) is 8.82. The predicted octanol–water partition coefficient (Wildman–Crippen LogP) is 0.803. The highest BCUT2D eigenvalue weighted by atomic mass is 16.1. The topological polar surface area (TPSA) is 76.2 Å². The number of anilines is 1. The van der Waals surface area contributed by atoms with E-state index >= 15 is 0 Å². The van der Waals surface area contributed by atoms with Gasteiger partial charge in [0, 0.05) is 17.8 Å². The van der Waals surface area contributed by atoms with E-state index < -0.39 is 0 Å². The van der Waals surface area contributed by atoms with Gasteiger partial charge < -0.3 is 5.73 Å². The van der Waals surface area contributed by atoms with Gasteiger partial charge in [0.1, 0.15) is 5.82 Å². The van der Waals surface area contributed by atoms with Crippen LogP contribution in [0.15, 0.2) is 16.9 Å². The molecule has 2 rings (SSSR count). The van der Waals surface area contributed by atoms with Crippen LogP contribution in [0.2, 0.25) is 0 Å². The summed E-state index contributed by atoms with van der Waals surface area (Å²) in [5, 5.41) is 2.73. The van der Waals surface area contributed by atoms with E-state index in [9.17, 15) is 4.79 Å². The number of nitrogens with two attached hydrogens (primary N) is 1. The van der Waals surface area contributed by atoms with Crippen molar-refractivity contribution in [2.75, 3.05) is 5.73 Å². The number of hydrogen-bond donors (Lipinski definition) is 2. The van der Waals surface area contributed by atoms with Gasteiger partial charge >= 0.3 is 0 Å². The van der Waals surface area contributed by atoms with Crippen LogP contribution in [-0.4, -0.2) is 14.6 Å². The highest BCUT2D eigenvalue weighted by Gasteiger charge is 2.06. The van der Waals surface area contributed by atoms with Crippen LogP contribution >= 0.6 is 0 Å². The molecule has 0 aliphatic rings. The molecule has 5 heteroatoms. The van der Waals surface area contributed by atoms with Crippen LogP contribution in [0.25, 0.3) is 5.65 Å². The van der Waals surface area contributed by atoms with E-state index in [0.29, 0.717) is 17.4 Å². The van der Waals surface area contributed by atoms with Crippen LogP contribution in [0.4, 0.5) is 5.82 Å². The smallest absolute Gasteiger partial charge is 0.272 e. The molecule has 0 unspecified atom stereocenters. The molecule has 3 N–H and O–H groups in total. The van der Waals surface area contributed by atoms with E-state index in [0.717, 1.165) is 12.1 Å². The van der Waals surface area contributed by atoms with Crippen molar-refractivity contribution in [2.24, 2.45) is 5.92 Å². The average Bonchev–Trinajstić information content (AvgIpc) is 2.44. The van der Waals surface area contributed by atoms with Gasteiger partial charge in [-0.1, -0.05) is 13.8 Å². The molecule has 80 valence electrons. The van der Waals surface area contributed by atoms with Crippen molar-refractivity contribution in [2.45, 2.75) is 20.3 Å². The predicted molar refractivity (Wildman–Crippen MR) is 58.8 cm³/mol. The van der Waals surface area contributed by atoms with Crippen LogP contribution in [0.3, 0.4) is 0 Å². The summed E-state index contributed by atoms with van der Waals surface area (Å²) in [6, 6.07) is 3.20. The minimum absolute atomic E-state index is 0.118. The van der Waals surface area contributed by atoms with Gasteiger partial charge in [0.2, 0.25) is 0 Å². The first-order valence-electron chi connectivity index (χ1n) is 4.93.